The van der Waals surface area contributed by atoms with Crippen LogP contribution >= 0.6 is 11.6 Å². The molecular formula is C32H36ClN3O2. The van der Waals surface area contributed by atoms with Crippen LogP contribution < -0.4 is 5.73 Å². The van der Waals surface area contributed by atoms with Gasteiger partial charge in [0.1, 0.15) is 0 Å². The molecule has 0 bridgehead atoms. The number of fused-ring (bicyclic) bond motifs is 2. The lowest BCUT2D eigenvalue weighted by Crippen LogP contribution is -2.32. The van der Waals surface area contributed by atoms with Gasteiger partial charge >= 0.3 is 5.97 Å². The smallest absolute Gasteiger partial charge is 0.313 e. The van der Waals surface area contributed by atoms with Gasteiger partial charge in [-0.25, -0.2) is 0 Å². The van der Waals surface area contributed by atoms with E-state index < -0.39 is 11.4 Å². The van der Waals surface area contributed by atoms with Crippen LogP contribution in [0.4, 0.5) is 5.69 Å². The quantitative estimate of drug-likeness (QED) is 0.366. The number of anilines is 1. The number of nitrogens with two attached hydrogens (primary N) is 1. The number of benzene rings is 2. The summed E-state index contributed by atoms with van der Waals surface area (Å²) in [4.78, 5) is 19.0. The van der Waals surface area contributed by atoms with E-state index in [1.165, 1.54) is 27.8 Å². The molecule has 5 rings (SSSR count). The maximum Gasteiger partial charge on any atom is 0.313 e. The number of carboxylic acid groups (broad SMARTS) is 1. The molecule has 0 saturated carbocycles. The number of carbonyl (C=O) groups is 1. The first-order chi connectivity index (χ1) is 18.2. The van der Waals surface area contributed by atoms with Crippen molar-refractivity contribution < 1.29 is 9.90 Å². The molecule has 1 saturated heterocycles. The molecule has 0 amide bonds. The number of hydrogen-bond donors (Lipinski definition) is 2. The van der Waals surface area contributed by atoms with E-state index in [1.807, 2.05) is 36.5 Å². The third kappa shape index (κ3) is 5.36. The fraction of sp³-hybridized carbons (Fsp3) is 0.375. The molecule has 198 valence electrons. The van der Waals surface area contributed by atoms with Crippen molar-refractivity contribution in [3.63, 3.8) is 0 Å². The standard InChI is InChI=1S/C32H36ClN3O2/c1-32(2,31(37)38)25-10-9-21(28(34)20-25)6-4-16-36-17-13-22(14-18-36)29-27-12-11-26(33)19-24(27)8-7-23-5-3-15-35-30(23)29/h3,5,9-12,15,19-20H,4,6-8,13-14,16-18,34H2,1-2H3,(H,37,38). The number of nitrogens with zero attached hydrogens (tertiary/aromatic N) is 2. The van der Waals surface area contributed by atoms with Crippen LogP contribution in [0.3, 0.4) is 0 Å². The van der Waals surface area contributed by atoms with Crippen LogP contribution in [0.15, 0.2) is 60.3 Å². The van der Waals surface area contributed by atoms with Crippen molar-refractivity contribution in [2.75, 3.05) is 25.4 Å². The Labute approximate surface area is 230 Å². The molecule has 1 fully saturated rings. The number of carboxylic acids is 1. The zero-order chi connectivity index (χ0) is 26.9. The number of pyridine rings is 1. The summed E-state index contributed by atoms with van der Waals surface area (Å²) in [5, 5.41) is 10.3. The molecule has 1 aromatic heterocycles. The molecule has 1 aliphatic heterocycles. The van der Waals surface area contributed by atoms with Crippen LogP contribution in [0.5, 0.6) is 0 Å². The SMILES string of the molecule is CC(C)(C(=O)O)c1ccc(CCCN2CCC(=C3c4ccc(Cl)cc4CCc4cccnc43)CC2)c(N)c1. The summed E-state index contributed by atoms with van der Waals surface area (Å²) in [5.74, 6) is -0.848. The van der Waals surface area contributed by atoms with Crippen LogP contribution in [-0.4, -0.2) is 40.6 Å². The fourth-order valence-electron chi connectivity index (χ4n) is 5.76. The van der Waals surface area contributed by atoms with E-state index in [2.05, 4.69) is 23.1 Å². The van der Waals surface area contributed by atoms with Crippen LogP contribution in [-0.2, 0) is 29.5 Å². The largest absolute Gasteiger partial charge is 0.481 e. The van der Waals surface area contributed by atoms with E-state index in [0.29, 0.717) is 5.69 Å². The molecule has 5 nitrogen and oxygen atoms in total. The topological polar surface area (TPSA) is 79.5 Å². The normalized spacial score (nSPS) is 16.1. The summed E-state index contributed by atoms with van der Waals surface area (Å²) in [6.07, 6.45) is 7.85. The highest BCUT2D eigenvalue weighted by Gasteiger charge is 2.30. The number of aromatic nitrogens is 1. The zero-order valence-corrected chi connectivity index (χ0v) is 23.0. The third-order valence-corrected chi connectivity index (χ3v) is 8.50. The first-order valence-electron chi connectivity index (χ1n) is 13.5. The third-order valence-electron chi connectivity index (χ3n) is 8.26. The summed E-state index contributed by atoms with van der Waals surface area (Å²) < 4.78 is 0. The van der Waals surface area contributed by atoms with E-state index in [4.69, 9.17) is 22.3 Å². The Morgan fingerprint density at radius 3 is 2.55 bits per heavy atom. The number of piperidine rings is 1. The van der Waals surface area contributed by atoms with Crippen LogP contribution in [0, 0.1) is 0 Å². The minimum atomic E-state index is -0.952. The van der Waals surface area contributed by atoms with Crippen molar-refractivity contribution in [1.82, 2.24) is 9.88 Å². The summed E-state index contributed by atoms with van der Waals surface area (Å²) in [7, 11) is 0. The minimum Gasteiger partial charge on any atom is -0.481 e. The molecule has 6 heteroatoms. The minimum absolute atomic E-state index is 0.681. The van der Waals surface area contributed by atoms with Gasteiger partial charge in [-0.1, -0.05) is 41.4 Å². The molecular weight excluding hydrogens is 494 g/mol. The molecule has 0 atom stereocenters. The second kappa shape index (κ2) is 10.9. The van der Waals surface area contributed by atoms with Gasteiger partial charge in [0.2, 0.25) is 0 Å². The molecule has 3 aromatic rings. The highest BCUT2D eigenvalue weighted by atomic mass is 35.5. The van der Waals surface area contributed by atoms with E-state index in [0.717, 1.165) is 80.0 Å². The van der Waals surface area contributed by atoms with E-state index in [9.17, 15) is 9.90 Å². The molecule has 0 unspecified atom stereocenters. The van der Waals surface area contributed by atoms with Crippen molar-refractivity contribution >= 4 is 28.8 Å². The predicted octanol–water partition coefficient (Wildman–Crippen LogP) is 6.31. The molecule has 0 radical (unpaired) electrons. The summed E-state index contributed by atoms with van der Waals surface area (Å²) >= 11 is 6.37. The van der Waals surface area contributed by atoms with Crippen molar-refractivity contribution in [1.29, 1.82) is 0 Å². The van der Waals surface area contributed by atoms with Crippen molar-refractivity contribution in [3.8, 4) is 0 Å². The molecule has 3 N–H and O–H groups in total. The van der Waals surface area contributed by atoms with Gasteiger partial charge in [-0.05, 0) is 111 Å². The Morgan fingerprint density at radius 1 is 1.05 bits per heavy atom. The van der Waals surface area contributed by atoms with Crippen molar-refractivity contribution in [2.24, 2.45) is 0 Å². The summed E-state index contributed by atoms with van der Waals surface area (Å²) in [6, 6.07) is 16.3. The van der Waals surface area contributed by atoms with Gasteiger partial charge < -0.3 is 15.7 Å². The molecule has 2 heterocycles. The van der Waals surface area contributed by atoms with E-state index in [-0.39, 0.29) is 0 Å². The molecule has 1 aliphatic carbocycles. The second-order valence-electron chi connectivity index (χ2n) is 11.1. The van der Waals surface area contributed by atoms with Crippen molar-refractivity contribution in [3.05, 3.63) is 98.8 Å². The highest BCUT2D eigenvalue weighted by Crippen LogP contribution is 2.38. The second-order valence-corrected chi connectivity index (χ2v) is 11.5. The van der Waals surface area contributed by atoms with Crippen LogP contribution in [0.25, 0.3) is 5.57 Å². The predicted molar refractivity (Wildman–Crippen MR) is 155 cm³/mol. The van der Waals surface area contributed by atoms with Gasteiger partial charge in [0.15, 0.2) is 0 Å². The molecule has 2 aliphatic rings. The van der Waals surface area contributed by atoms with Crippen LogP contribution in [0.1, 0.15) is 66.6 Å². The van der Waals surface area contributed by atoms with Gasteiger partial charge in [0.25, 0.3) is 0 Å². The summed E-state index contributed by atoms with van der Waals surface area (Å²) in [6.45, 7) is 6.50. The zero-order valence-electron chi connectivity index (χ0n) is 22.3. The van der Waals surface area contributed by atoms with Gasteiger partial charge in [-0.3, -0.25) is 9.78 Å². The van der Waals surface area contributed by atoms with Gasteiger partial charge in [0, 0.05) is 35.6 Å². The Kier molecular flexibility index (Phi) is 7.60. The molecule has 2 aromatic carbocycles. The number of likely N-dealkylation sites (tertiary alicyclic amines) is 1. The lowest BCUT2D eigenvalue weighted by molar-refractivity contribution is -0.142. The van der Waals surface area contributed by atoms with Crippen molar-refractivity contribution in [2.45, 2.75) is 57.8 Å². The van der Waals surface area contributed by atoms with Gasteiger partial charge in [-0.15, -0.1) is 0 Å². The lowest BCUT2D eigenvalue weighted by Gasteiger charge is -2.30. The Hall–Kier alpha value is -3.15. The van der Waals surface area contributed by atoms with E-state index in [1.54, 1.807) is 13.8 Å². The number of nitrogen functional groups attached to an aromatic ring is 1. The first-order valence-corrected chi connectivity index (χ1v) is 13.9. The van der Waals surface area contributed by atoms with Crippen LogP contribution in [0.2, 0.25) is 5.02 Å². The molecule has 38 heavy (non-hydrogen) atoms. The maximum absolute atomic E-state index is 11.6. The monoisotopic (exact) mass is 529 g/mol. The molecule has 0 spiro atoms. The highest BCUT2D eigenvalue weighted by molar-refractivity contribution is 6.30. The number of aryl methyl sites for hydroxylation is 3. The number of hydrogen-bond acceptors (Lipinski definition) is 4. The number of rotatable bonds is 6. The Balaban J connectivity index is 1.26. The Morgan fingerprint density at radius 2 is 1.82 bits per heavy atom. The Bertz CT molecular complexity index is 1390. The average Bonchev–Trinajstić information content (AvgIpc) is 3.06. The first kappa shape index (κ1) is 26.5. The van der Waals surface area contributed by atoms with E-state index >= 15 is 0 Å². The van der Waals surface area contributed by atoms with Gasteiger partial charge in [-0.2, -0.15) is 0 Å². The maximum atomic E-state index is 11.6. The van der Waals surface area contributed by atoms with Gasteiger partial charge in [0.05, 0.1) is 11.1 Å². The average molecular weight is 530 g/mol. The lowest BCUT2D eigenvalue weighted by atomic mass is 9.84. The summed E-state index contributed by atoms with van der Waals surface area (Å²) in [5.41, 5.74) is 15.7. The number of halogens is 1. The number of aliphatic carboxylic acids is 1. The fourth-order valence-corrected chi connectivity index (χ4v) is 5.95.